The van der Waals surface area contributed by atoms with Gasteiger partial charge in [0.25, 0.3) is 0 Å². The van der Waals surface area contributed by atoms with Gasteiger partial charge in [-0.3, -0.25) is 4.79 Å². The molecule has 2 atom stereocenters. The van der Waals surface area contributed by atoms with Gasteiger partial charge in [-0.1, -0.05) is 18.2 Å². The quantitative estimate of drug-likeness (QED) is 0.859. The number of carbonyl (C=O) groups excluding carboxylic acids is 1. The van der Waals surface area contributed by atoms with Crippen LogP contribution in [0.15, 0.2) is 24.3 Å². The lowest BCUT2D eigenvalue weighted by molar-refractivity contribution is -0.126. The Kier molecular flexibility index (Phi) is 4.31. The predicted octanol–water partition coefficient (Wildman–Crippen LogP) is 1.83. The first-order valence-corrected chi connectivity index (χ1v) is 6.41. The van der Waals surface area contributed by atoms with Gasteiger partial charge >= 0.3 is 0 Å². The minimum absolute atomic E-state index is 0.0339. The van der Waals surface area contributed by atoms with Crippen molar-refractivity contribution in [1.29, 1.82) is 0 Å². The normalized spacial score (nSPS) is 23.7. The molecular weight excluding hydrogens is 231 g/mol. The number of amides is 1. The van der Waals surface area contributed by atoms with Gasteiger partial charge in [0.1, 0.15) is 5.82 Å². The molecule has 4 heteroatoms. The maximum Gasteiger partial charge on any atom is 0.223 e. The molecule has 1 aromatic rings. The average molecular weight is 250 g/mol. The van der Waals surface area contributed by atoms with Crippen LogP contribution in [0.3, 0.4) is 0 Å². The van der Waals surface area contributed by atoms with Gasteiger partial charge in [-0.15, -0.1) is 0 Å². The van der Waals surface area contributed by atoms with Crippen LogP contribution in [0.5, 0.6) is 0 Å². The van der Waals surface area contributed by atoms with E-state index in [0.717, 1.165) is 19.4 Å². The van der Waals surface area contributed by atoms with Gasteiger partial charge in [0.15, 0.2) is 0 Å². The van der Waals surface area contributed by atoms with E-state index in [1.807, 2.05) is 0 Å². The number of rotatable bonds is 3. The fourth-order valence-electron chi connectivity index (χ4n) is 2.34. The first-order chi connectivity index (χ1) is 8.66. The summed E-state index contributed by atoms with van der Waals surface area (Å²) in [4.78, 5) is 12.0. The Bertz CT molecular complexity index is 422. The average Bonchev–Trinajstić information content (AvgIpc) is 2.37. The number of hydrogen-bond acceptors (Lipinski definition) is 2. The molecule has 2 N–H and O–H groups in total. The van der Waals surface area contributed by atoms with Crippen LogP contribution >= 0.6 is 0 Å². The van der Waals surface area contributed by atoms with Gasteiger partial charge in [0.05, 0.1) is 0 Å². The number of benzene rings is 1. The van der Waals surface area contributed by atoms with Gasteiger partial charge < -0.3 is 10.6 Å². The Balaban J connectivity index is 1.86. The maximum atomic E-state index is 13.4. The molecule has 0 radical (unpaired) electrons. The first kappa shape index (κ1) is 13.0. The number of carbonyl (C=O) groups is 1. The summed E-state index contributed by atoms with van der Waals surface area (Å²) < 4.78 is 13.4. The minimum atomic E-state index is -0.267. The van der Waals surface area contributed by atoms with Gasteiger partial charge in [-0.05, 0) is 32.4 Å². The standard InChI is InChI=1S/C14H19FN2O/c1-10-8-11(6-7-16-10)14(18)17-9-12-4-2-3-5-13(12)15/h2-5,10-11,16H,6-9H2,1H3,(H,17,18). The second kappa shape index (κ2) is 5.96. The molecule has 1 fully saturated rings. The van der Waals surface area contributed by atoms with Crippen molar-refractivity contribution in [1.82, 2.24) is 10.6 Å². The van der Waals surface area contributed by atoms with Gasteiger partial charge in [-0.2, -0.15) is 0 Å². The third-order valence-corrected chi connectivity index (χ3v) is 3.41. The van der Waals surface area contributed by atoms with Crippen LogP contribution in [0.25, 0.3) is 0 Å². The lowest BCUT2D eigenvalue weighted by Gasteiger charge is -2.27. The molecule has 0 aliphatic carbocycles. The number of halogens is 1. The van der Waals surface area contributed by atoms with E-state index in [1.165, 1.54) is 6.07 Å². The first-order valence-electron chi connectivity index (χ1n) is 6.41. The lowest BCUT2D eigenvalue weighted by Crippen LogP contribution is -2.42. The Hall–Kier alpha value is -1.42. The Morgan fingerprint density at radius 2 is 2.28 bits per heavy atom. The van der Waals surface area contributed by atoms with Crippen molar-refractivity contribution in [3.8, 4) is 0 Å². The minimum Gasteiger partial charge on any atom is -0.352 e. The molecule has 1 heterocycles. The monoisotopic (exact) mass is 250 g/mol. The van der Waals surface area contributed by atoms with Crippen molar-refractivity contribution in [2.24, 2.45) is 5.92 Å². The third-order valence-electron chi connectivity index (χ3n) is 3.41. The number of piperidine rings is 1. The Morgan fingerprint density at radius 3 is 3.00 bits per heavy atom. The largest absolute Gasteiger partial charge is 0.352 e. The molecule has 1 aliphatic rings. The second-order valence-corrected chi connectivity index (χ2v) is 4.89. The molecule has 18 heavy (non-hydrogen) atoms. The summed E-state index contributed by atoms with van der Waals surface area (Å²) in [6.45, 7) is 3.22. The SMILES string of the molecule is CC1CC(C(=O)NCc2ccccc2F)CCN1. The van der Waals surface area contributed by atoms with Crippen LogP contribution in [0, 0.1) is 11.7 Å². The van der Waals surface area contributed by atoms with Crippen molar-refractivity contribution in [2.45, 2.75) is 32.4 Å². The zero-order valence-corrected chi connectivity index (χ0v) is 10.6. The van der Waals surface area contributed by atoms with Crippen LogP contribution < -0.4 is 10.6 Å². The predicted molar refractivity (Wildman–Crippen MR) is 68.4 cm³/mol. The fraction of sp³-hybridized carbons (Fsp3) is 0.500. The van der Waals surface area contributed by atoms with Crippen molar-refractivity contribution in [3.05, 3.63) is 35.6 Å². The molecule has 0 spiro atoms. The molecule has 98 valence electrons. The van der Waals surface area contributed by atoms with E-state index in [0.29, 0.717) is 11.6 Å². The van der Waals surface area contributed by atoms with Crippen molar-refractivity contribution in [3.63, 3.8) is 0 Å². The molecule has 2 unspecified atom stereocenters. The zero-order chi connectivity index (χ0) is 13.0. The summed E-state index contributed by atoms with van der Waals surface area (Å²) >= 11 is 0. The molecule has 2 rings (SSSR count). The second-order valence-electron chi connectivity index (χ2n) is 4.89. The highest BCUT2D eigenvalue weighted by atomic mass is 19.1. The Labute approximate surface area is 107 Å². The van der Waals surface area contributed by atoms with E-state index < -0.39 is 0 Å². The summed E-state index contributed by atoms with van der Waals surface area (Å²) in [6.07, 6.45) is 1.70. The van der Waals surface area contributed by atoms with Crippen molar-refractivity contribution in [2.75, 3.05) is 6.54 Å². The number of hydrogen-bond donors (Lipinski definition) is 2. The molecule has 1 saturated heterocycles. The highest BCUT2D eigenvalue weighted by Crippen LogP contribution is 2.16. The van der Waals surface area contributed by atoms with E-state index >= 15 is 0 Å². The van der Waals surface area contributed by atoms with Crippen LogP contribution in [0.4, 0.5) is 4.39 Å². The zero-order valence-electron chi connectivity index (χ0n) is 10.6. The molecule has 0 aromatic heterocycles. The maximum absolute atomic E-state index is 13.4. The fourth-order valence-corrected chi connectivity index (χ4v) is 2.34. The molecule has 1 amide bonds. The third kappa shape index (κ3) is 3.29. The van der Waals surface area contributed by atoms with Crippen molar-refractivity contribution < 1.29 is 9.18 Å². The molecule has 0 bridgehead atoms. The topological polar surface area (TPSA) is 41.1 Å². The van der Waals surface area contributed by atoms with Crippen LogP contribution in [-0.2, 0) is 11.3 Å². The molecule has 0 saturated carbocycles. The number of nitrogens with one attached hydrogen (secondary N) is 2. The molecular formula is C14H19FN2O. The molecule has 3 nitrogen and oxygen atoms in total. The van der Waals surface area contributed by atoms with Gasteiger partial charge in [0, 0.05) is 24.1 Å². The van der Waals surface area contributed by atoms with Crippen LogP contribution in [-0.4, -0.2) is 18.5 Å². The smallest absolute Gasteiger partial charge is 0.223 e. The molecule has 1 aliphatic heterocycles. The van der Waals surface area contributed by atoms with Gasteiger partial charge in [-0.25, -0.2) is 4.39 Å². The summed E-state index contributed by atoms with van der Waals surface area (Å²) in [7, 11) is 0. The summed E-state index contributed by atoms with van der Waals surface area (Å²) in [5.74, 6) is -0.184. The van der Waals surface area contributed by atoms with Crippen LogP contribution in [0.1, 0.15) is 25.3 Å². The molecule has 1 aromatic carbocycles. The van der Waals surface area contributed by atoms with E-state index in [-0.39, 0.29) is 24.2 Å². The van der Waals surface area contributed by atoms with E-state index in [4.69, 9.17) is 0 Å². The summed E-state index contributed by atoms with van der Waals surface area (Å²) in [5, 5.41) is 6.13. The van der Waals surface area contributed by atoms with E-state index in [2.05, 4.69) is 17.6 Å². The summed E-state index contributed by atoms with van der Waals surface area (Å²) in [6, 6.07) is 6.91. The lowest BCUT2D eigenvalue weighted by atomic mass is 9.92. The highest BCUT2D eigenvalue weighted by molar-refractivity contribution is 5.78. The summed E-state index contributed by atoms with van der Waals surface area (Å²) in [5.41, 5.74) is 0.535. The van der Waals surface area contributed by atoms with Crippen molar-refractivity contribution >= 4 is 5.91 Å². The van der Waals surface area contributed by atoms with E-state index in [1.54, 1.807) is 18.2 Å². The van der Waals surface area contributed by atoms with Gasteiger partial charge in [0.2, 0.25) is 5.91 Å². The highest BCUT2D eigenvalue weighted by Gasteiger charge is 2.24. The van der Waals surface area contributed by atoms with Crippen LogP contribution in [0.2, 0.25) is 0 Å². The van der Waals surface area contributed by atoms with E-state index in [9.17, 15) is 9.18 Å². The Morgan fingerprint density at radius 1 is 1.50 bits per heavy atom.